The van der Waals surface area contributed by atoms with Crippen molar-refractivity contribution in [3.63, 3.8) is 0 Å². The van der Waals surface area contributed by atoms with Gasteiger partial charge in [0.05, 0.1) is 0 Å². The Kier molecular flexibility index (Phi) is 3.79. The van der Waals surface area contributed by atoms with Gasteiger partial charge in [-0.15, -0.1) is 0 Å². The van der Waals surface area contributed by atoms with Gasteiger partial charge in [-0.1, -0.05) is 24.8 Å². The van der Waals surface area contributed by atoms with Crippen LogP contribution in [0.25, 0.3) is 0 Å². The van der Waals surface area contributed by atoms with E-state index in [0.717, 1.165) is 0 Å². The van der Waals surface area contributed by atoms with Crippen molar-refractivity contribution >= 4 is 0 Å². The predicted octanol–water partition coefficient (Wildman–Crippen LogP) is 2.81. The number of rotatable bonds is 2. The lowest BCUT2D eigenvalue weighted by Gasteiger charge is -2.33. The molecule has 1 aliphatic carbocycles. The first-order valence-corrected chi connectivity index (χ1v) is 5.31. The first-order valence-electron chi connectivity index (χ1n) is 5.31. The molecular weight excluding hydrogens is 160 g/mol. The first kappa shape index (κ1) is 10.6. The topological polar surface area (TPSA) is 29.3 Å². The van der Waals surface area contributed by atoms with E-state index in [1.165, 1.54) is 43.4 Å². The van der Waals surface area contributed by atoms with Gasteiger partial charge in [-0.2, -0.15) is 0 Å². The number of hydrazine groups is 1. The van der Waals surface area contributed by atoms with Crippen LogP contribution in [-0.4, -0.2) is 11.1 Å². The summed E-state index contributed by atoms with van der Waals surface area (Å²) in [5, 5.41) is 1.98. The molecule has 0 unspecified atom stereocenters. The fourth-order valence-corrected chi connectivity index (χ4v) is 1.89. The number of hydrogen-bond donors (Lipinski definition) is 1. The Morgan fingerprint density at radius 1 is 1.08 bits per heavy atom. The smallest absolute Gasteiger partial charge is 0.0448 e. The molecule has 1 aliphatic rings. The molecule has 76 valence electrons. The van der Waals surface area contributed by atoms with Gasteiger partial charge in [0.1, 0.15) is 0 Å². The van der Waals surface area contributed by atoms with Gasteiger partial charge in [0.2, 0.25) is 0 Å². The standard InChI is InChI=1S/C11H22N2/c1-9(2)10(3)13(12)11-7-5-4-6-8-11/h11H,4-8,12H2,1-3H3. The van der Waals surface area contributed by atoms with Gasteiger partial charge < -0.3 is 5.01 Å². The molecule has 0 amide bonds. The third kappa shape index (κ3) is 2.73. The molecule has 2 N–H and O–H groups in total. The predicted molar refractivity (Wildman–Crippen MR) is 56.9 cm³/mol. The Morgan fingerprint density at radius 2 is 1.62 bits per heavy atom. The van der Waals surface area contributed by atoms with E-state index in [4.69, 9.17) is 5.84 Å². The van der Waals surface area contributed by atoms with Crippen LogP contribution in [0, 0.1) is 0 Å². The fourth-order valence-electron chi connectivity index (χ4n) is 1.89. The van der Waals surface area contributed by atoms with Crippen molar-refractivity contribution in [3.8, 4) is 0 Å². The Labute approximate surface area is 81.8 Å². The van der Waals surface area contributed by atoms with Crippen molar-refractivity contribution in [1.82, 2.24) is 5.01 Å². The van der Waals surface area contributed by atoms with Crippen LogP contribution in [0.4, 0.5) is 0 Å². The molecule has 0 aromatic rings. The maximum absolute atomic E-state index is 6.07. The lowest BCUT2D eigenvalue weighted by Crippen LogP contribution is -2.41. The maximum Gasteiger partial charge on any atom is 0.0448 e. The summed E-state index contributed by atoms with van der Waals surface area (Å²) in [5.74, 6) is 6.07. The highest BCUT2D eigenvalue weighted by atomic mass is 15.4. The van der Waals surface area contributed by atoms with E-state index in [1.807, 2.05) is 5.01 Å². The maximum atomic E-state index is 6.07. The van der Waals surface area contributed by atoms with Gasteiger partial charge in [-0.25, -0.2) is 5.84 Å². The van der Waals surface area contributed by atoms with E-state index in [9.17, 15) is 0 Å². The molecule has 0 saturated heterocycles. The second kappa shape index (κ2) is 4.66. The minimum absolute atomic E-state index is 0.587. The third-order valence-electron chi connectivity index (χ3n) is 3.08. The largest absolute Gasteiger partial charge is 0.312 e. The summed E-state index contributed by atoms with van der Waals surface area (Å²) in [6.07, 6.45) is 6.60. The summed E-state index contributed by atoms with van der Waals surface area (Å²) in [5.41, 5.74) is 2.57. The van der Waals surface area contributed by atoms with E-state index < -0.39 is 0 Å². The van der Waals surface area contributed by atoms with Gasteiger partial charge in [0.15, 0.2) is 0 Å². The summed E-state index contributed by atoms with van der Waals surface area (Å²) in [7, 11) is 0. The van der Waals surface area contributed by atoms with E-state index >= 15 is 0 Å². The lowest BCUT2D eigenvalue weighted by atomic mass is 9.94. The molecule has 1 fully saturated rings. The summed E-state index contributed by atoms with van der Waals surface area (Å²) in [6, 6.07) is 0.587. The average Bonchev–Trinajstić information content (AvgIpc) is 2.17. The van der Waals surface area contributed by atoms with E-state index in [-0.39, 0.29) is 0 Å². The van der Waals surface area contributed by atoms with E-state index in [1.54, 1.807) is 0 Å². The minimum Gasteiger partial charge on any atom is -0.312 e. The molecular formula is C11H22N2. The Balaban J connectivity index is 2.55. The Morgan fingerprint density at radius 3 is 2.08 bits per heavy atom. The molecule has 0 radical (unpaired) electrons. The minimum atomic E-state index is 0.587. The fraction of sp³-hybridized carbons (Fsp3) is 0.818. The number of hydrogen-bond acceptors (Lipinski definition) is 2. The average molecular weight is 182 g/mol. The van der Waals surface area contributed by atoms with Gasteiger partial charge in [-0.05, 0) is 33.6 Å². The van der Waals surface area contributed by atoms with Crippen LogP contribution >= 0.6 is 0 Å². The highest BCUT2D eigenvalue weighted by Gasteiger charge is 2.18. The number of nitrogens with two attached hydrogens (primary N) is 1. The lowest BCUT2D eigenvalue weighted by molar-refractivity contribution is 0.202. The molecule has 0 heterocycles. The summed E-state index contributed by atoms with van der Waals surface area (Å²) >= 11 is 0. The normalized spacial score (nSPS) is 18.5. The zero-order valence-corrected chi connectivity index (χ0v) is 9.14. The summed E-state index contributed by atoms with van der Waals surface area (Å²) in [4.78, 5) is 0. The number of allylic oxidation sites excluding steroid dienone is 2. The van der Waals surface area contributed by atoms with Crippen molar-refractivity contribution in [3.05, 3.63) is 11.3 Å². The Bertz CT molecular complexity index is 186. The van der Waals surface area contributed by atoms with Crippen LogP contribution in [-0.2, 0) is 0 Å². The van der Waals surface area contributed by atoms with Gasteiger partial charge in [0.25, 0.3) is 0 Å². The molecule has 0 atom stereocenters. The van der Waals surface area contributed by atoms with Crippen LogP contribution in [0.5, 0.6) is 0 Å². The molecule has 0 aliphatic heterocycles. The zero-order valence-electron chi connectivity index (χ0n) is 9.14. The molecule has 13 heavy (non-hydrogen) atoms. The van der Waals surface area contributed by atoms with Crippen molar-refractivity contribution in [2.24, 2.45) is 5.84 Å². The molecule has 1 rings (SSSR count). The molecule has 0 spiro atoms. The number of nitrogens with zero attached hydrogens (tertiary/aromatic N) is 1. The summed E-state index contributed by atoms with van der Waals surface area (Å²) < 4.78 is 0. The molecule has 2 heteroatoms. The van der Waals surface area contributed by atoms with Crippen LogP contribution < -0.4 is 5.84 Å². The van der Waals surface area contributed by atoms with Gasteiger partial charge in [0, 0.05) is 11.7 Å². The zero-order chi connectivity index (χ0) is 9.84. The molecule has 1 saturated carbocycles. The van der Waals surface area contributed by atoms with Crippen molar-refractivity contribution in [2.75, 3.05) is 0 Å². The third-order valence-corrected chi connectivity index (χ3v) is 3.08. The molecule has 0 aromatic heterocycles. The second-order valence-electron chi connectivity index (χ2n) is 4.28. The van der Waals surface area contributed by atoms with Crippen LogP contribution in [0.15, 0.2) is 11.3 Å². The summed E-state index contributed by atoms with van der Waals surface area (Å²) in [6.45, 7) is 6.36. The van der Waals surface area contributed by atoms with E-state index in [2.05, 4.69) is 20.8 Å². The SMILES string of the molecule is CC(C)=C(C)N(N)C1CCCCC1. The van der Waals surface area contributed by atoms with Crippen molar-refractivity contribution in [1.29, 1.82) is 0 Å². The monoisotopic (exact) mass is 182 g/mol. The van der Waals surface area contributed by atoms with Crippen molar-refractivity contribution in [2.45, 2.75) is 58.9 Å². The quantitative estimate of drug-likeness (QED) is 0.525. The Hall–Kier alpha value is -0.500. The van der Waals surface area contributed by atoms with Gasteiger partial charge >= 0.3 is 0 Å². The first-order chi connectivity index (χ1) is 6.13. The van der Waals surface area contributed by atoms with Crippen molar-refractivity contribution < 1.29 is 0 Å². The van der Waals surface area contributed by atoms with E-state index in [0.29, 0.717) is 6.04 Å². The van der Waals surface area contributed by atoms with Crippen LogP contribution in [0.3, 0.4) is 0 Å². The van der Waals surface area contributed by atoms with Crippen LogP contribution in [0.1, 0.15) is 52.9 Å². The van der Waals surface area contributed by atoms with Crippen LogP contribution in [0.2, 0.25) is 0 Å². The highest BCUT2D eigenvalue weighted by molar-refractivity contribution is 5.05. The molecule has 0 bridgehead atoms. The highest BCUT2D eigenvalue weighted by Crippen LogP contribution is 2.23. The second-order valence-corrected chi connectivity index (χ2v) is 4.28. The molecule has 0 aromatic carbocycles. The van der Waals surface area contributed by atoms with Gasteiger partial charge in [-0.3, -0.25) is 0 Å². The molecule has 2 nitrogen and oxygen atoms in total.